The summed E-state index contributed by atoms with van der Waals surface area (Å²) >= 11 is 3.88. The van der Waals surface area contributed by atoms with Crippen molar-refractivity contribution >= 4 is 42.3 Å². The number of hydrogen-bond acceptors (Lipinski definition) is 8. The van der Waals surface area contributed by atoms with E-state index in [0.717, 1.165) is 0 Å². The minimum absolute atomic E-state index is 0.0818. The van der Waals surface area contributed by atoms with Crippen LogP contribution in [0.25, 0.3) is 0 Å². The highest BCUT2D eigenvalue weighted by atomic mass is 32.1. The van der Waals surface area contributed by atoms with Crippen LogP contribution < -0.4 is 33.2 Å². The smallest absolute Gasteiger partial charge is 0.327 e. The Bertz CT molecular complexity index is 685. The van der Waals surface area contributed by atoms with Gasteiger partial charge in [-0.1, -0.05) is 13.8 Å². The summed E-state index contributed by atoms with van der Waals surface area (Å²) < 4.78 is 0. The Kier molecular flexibility index (Phi) is 13.3. The van der Waals surface area contributed by atoms with E-state index in [2.05, 4.69) is 33.6 Å². The van der Waals surface area contributed by atoms with Crippen molar-refractivity contribution in [2.24, 2.45) is 28.1 Å². The van der Waals surface area contributed by atoms with Crippen LogP contribution >= 0.6 is 12.6 Å². The molecule has 0 aromatic heterocycles. The third-order valence-corrected chi connectivity index (χ3v) is 4.78. The molecule has 0 aromatic rings. The fourth-order valence-corrected chi connectivity index (χ4v) is 2.79. The average Bonchev–Trinajstić information content (AvgIpc) is 2.69. The van der Waals surface area contributed by atoms with Crippen LogP contribution in [0.15, 0.2) is 4.99 Å². The highest BCUT2D eigenvalue weighted by molar-refractivity contribution is 7.80. The normalized spacial score (nSPS) is 15.6. The number of amides is 3. The van der Waals surface area contributed by atoms with Gasteiger partial charge in [-0.15, -0.1) is 0 Å². The Balaban J connectivity index is 5.14. The van der Waals surface area contributed by atoms with Crippen molar-refractivity contribution in [3.05, 3.63) is 0 Å². The molecule has 0 aliphatic carbocycles. The van der Waals surface area contributed by atoms with E-state index in [9.17, 15) is 24.3 Å². The van der Waals surface area contributed by atoms with Gasteiger partial charge in [0.05, 0.1) is 12.1 Å². The molecular weight excluding hydrogens is 442 g/mol. The molecule has 0 heterocycles. The first kappa shape index (κ1) is 29.4. The molecule has 0 saturated carbocycles. The number of rotatable bonds is 14. The second kappa shape index (κ2) is 14.5. The number of aliphatic imine (C=N–C) groups is 1. The molecule has 13 nitrogen and oxygen atoms in total. The van der Waals surface area contributed by atoms with Crippen LogP contribution in [0.4, 0.5) is 0 Å². The second-order valence-corrected chi connectivity index (χ2v) is 7.96. The van der Waals surface area contributed by atoms with E-state index in [1.165, 1.54) is 6.92 Å². The van der Waals surface area contributed by atoms with Gasteiger partial charge < -0.3 is 43.4 Å². The lowest BCUT2D eigenvalue weighted by Gasteiger charge is -2.28. The number of carboxylic acid groups (broad SMARTS) is 1. The molecule has 0 radical (unpaired) electrons. The fraction of sp³-hybridized carbons (Fsp3) is 0.722. The molecule has 11 N–H and O–H groups in total. The maximum absolute atomic E-state index is 12.7. The summed E-state index contributed by atoms with van der Waals surface area (Å²) in [6.45, 7) is 4.85. The maximum atomic E-state index is 12.7. The molecule has 14 heteroatoms. The Hall–Kier alpha value is -2.58. The number of nitrogens with two attached hydrogens (primary N) is 3. The van der Waals surface area contributed by atoms with Gasteiger partial charge in [-0.2, -0.15) is 12.6 Å². The molecule has 0 aliphatic heterocycles. The zero-order chi connectivity index (χ0) is 25.0. The first-order valence-corrected chi connectivity index (χ1v) is 10.7. The number of hydrogen-bond donors (Lipinski definition) is 9. The standard InChI is InChI=1S/C18H35N7O6S/c1-8(2)12(15(28)23-11(7-32)17(30)31)24-16(29)13(9(3)26)25-14(27)10(19)5-4-6-22-18(20)21/h8-13,26,32H,4-7,19H2,1-3H3,(H,23,28)(H,24,29)(H,25,27)(H,30,31)(H4,20,21,22). The number of aliphatic carboxylic acids is 1. The van der Waals surface area contributed by atoms with Crippen molar-refractivity contribution in [3.63, 3.8) is 0 Å². The fourth-order valence-electron chi connectivity index (χ4n) is 2.54. The van der Waals surface area contributed by atoms with Crippen LogP contribution in [0.1, 0.15) is 33.6 Å². The Morgan fingerprint density at radius 3 is 1.94 bits per heavy atom. The molecule has 0 rings (SSSR count). The van der Waals surface area contributed by atoms with Crippen LogP contribution in [-0.4, -0.2) is 82.4 Å². The van der Waals surface area contributed by atoms with E-state index in [-0.39, 0.29) is 24.7 Å². The number of carbonyl (C=O) groups excluding carboxylic acids is 3. The maximum Gasteiger partial charge on any atom is 0.327 e. The molecular formula is C18H35N7O6S. The van der Waals surface area contributed by atoms with Gasteiger partial charge in [0.15, 0.2) is 5.96 Å². The zero-order valence-electron chi connectivity index (χ0n) is 18.4. The summed E-state index contributed by atoms with van der Waals surface area (Å²) in [4.78, 5) is 52.4. The van der Waals surface area contributed by atoms with E-state index in [0.29, 0.717) is 6.42 Å². The van der Waals surface area contributed by atoms with Gasteiger partial charge in [0.1, 0.15) is 18.1 Å². The van der Waals surface area contributed by atoms with Gasteiger partial charge >= 0.3 is 5.97 Å². The first-order valence-electron chi connectivity index (χ1n) is 10.1. The summed E-state index contributed by atoms with van der Waals surface area (Å²) in [5.41, 5.74) is 16.2. The third-order valence-electron chi connectivity index (χ3n) is 4.41. The van der Waals surface area contributed by atoms with Gasteiger partial charge in [-0.25, -0.2) is 4.79 Å². The lowest BCUT2D eigenvalue weighted by molar-refractivity contribution is -0.142. The minimum Gasteiger partial charge on any atom is -0.480 e. The second-order valence-electron chi connectivity index (χ2n) is 7.59. The van der Waals surface area contributed by atoms with Gasteiger partial charge in [-0.05, 0) is 25.7 Å². The summed E-state index contributed by atoms with van der Waals surface area (Å²) in [5.74, 6) is -4.16. The molecule has 3 amide bonds. The number of carbonyl (C=O) groups is 4. The number of aliphatic hydroxyl groups is 1. The molecule has 0 spiro atoms. The Morgan fingerprint density at radius 2 is 1.50 bits per heavy atom. The van der Waals surface area contributed by atoms with E-state index in [4.69, 9.17) is 22.3 Å². The minimum atomic E-state index is -1.39. The van der Waals surface area contributed by atoms with Crippen molar-refractivity contribution in [2.75, 3.05) is 12.3 Å². The van der Waals surface area contributed by atoms with Crippen LogP contribution in [0.5, 0.6) is 0 Å². The molecule has 0 aromatic carbocycles. The molecule has 0 saturated heterocycles. The summed E-state index contributed by atoms with van der Waals surface area (Å²) in [6.07, 6.45) is -0.648. The largest absolute Gasteiger partial charge is 0.480 e. The molecule has 0 fully saturated rings. The molecule has 0 bridgehead atoms. The number of thiol groups is 1. The number of guanidine groups is 1. The third kappa shape index (κ3) is 10.6. The van der Waals surface area contributed by atoms with E-state index >= 15 is 0 Å². The SMILES string of the molecule is CC(C)C(NC(=O)C(NC(=O)C(N)CCCN=C(N)N)C(C)O)C(=O)NC(CS)C(=O)O. The van der Waals surface area contributed by atoms with Crippen LogP contribution in [0.3, 0.4) is 0 Å². The van der Waals surface area contributed by atoms with Crippen molar-refractivity contribution in [1.29, 1.82) is 0 Å². The predicted molar refractivity (Wildman–Crippen MR) is 122 cm³/mol. The first-order chi connectivity index (χ1) is 14.8. The monoisotopic (exact) mass is 477 g/mol. The zero-order valence-corrected chi connectivity index (χ0v) is 19.3. The van der Waals surface area contributed by atoms with Gasteiger partial charge in [-0.3, -0.25) is 19.4 Å². The van der Waals surface area contributed by atoms with Crippen molar-refractivity contribution in [2.45, 2.75) is 63.9 Å². The van der Waals surface area contributed by atoms with Crippen LogP contribution in [-0.2, 0) is 19.2 Å². The van der Waals surface area contributed by atoms with Crippen LogP contribution in [0.2, 0.25) is 0 Å². The lowest BCUT2D eigenvalue weighted by atomic mass is 10.0. The Labute approximate surface area is 192 Å². The number of nitrogens with one attached hydrogen (secondary N) is 3. The number of aliphatic hydroxyl groups excluding tert-OH is 1. The topological polar surface area (TPSA) is 235 Å². The summed E-state index contributed by atoms with van der Waals surface area (Å²) in [6, 6.07) is -4.72. The molecule has 32 heavy (non-hydrogen) atoms. The average molecular weight is 478 g/mol. The summed E-state index contributed by atoms with van der Waals surface area (Å²) in [5, 5.41) is 26.2. The Morgan fingerprint density at radius 1 is 0.969 bits per heavy atom. The van der Waals surface area contributed by atoms with Crippen LogP contribution in [0, 0.1) is 5.92 Å². The van der Waals surface area contributed by atoms with E-state index in [1.54, 1.807) is 13.8 Å². The molecule has 0 aliphatic rings. The van der Waals surface area contributed by atoms with Crippen molar-refractivity contribution in [1.82, 2.24) is 16.0 Å². The number of carboxylic acids is 1. The molecule has 5 atom stereocenters. The highest BCUT2D eigenvalue weighted by Gasteiger charge is 2.33. The number of nitrogens with zero attached hydrogens (tertiary/aromatic N) is 1. The van der Waals surface area contributed by atoms with Gasteiger partial charge in [0, 0.05) is 12.3 Å². The van der Waals surface area contributed by atoms with Crippen molar-refractivity contribution < 1.29 is 29.4 Å². The van der Waals surface area contributed by atoms with Crippen molar-refractivity contribution in [3.8, 4) is 0 Å². The lowest BCUT2D eigenvalue weighted by Crippen LogP contribution is -2.60. The molecule has 5 unspecified atom stereocenters. The van der Waals surface area contributed by atoms with Gasteiger partial charge in [0.25, 0.3) is 0 Å². The predicted octanol–water partition coefficient (Wildman–Crippen LogP) is -3.13. The highest BCUT2D eigenvalue weighted by Crippen LogP contribution is 2.06. The molecule has 184 valence electrons. The van der Waals surface area contributed by atoms with E-state index in [1.807, 2.05) is 0 Å². The van der Waals surface area contributed by atoms with Gasteiger partial charge in [0.2, 0.25) is 17.7 Å². The quantitative estimate of drug-likeness (QED) is 0.0531. The summed E-state index contributed by atoms with van der Waals surface area (Å²) in [7, 11) is 0. The van der Waals surface area contributed by atoms with E-state index < -0.39 is 59.9 Å².